The van der Waals surface area contributed by atoms with Gasteiger partial charge in [0.25, 0.3) is 0 Å². The molecule has 9 saturated carbocycles. The van der Waals surface area contributed by atoms with Gasteiger partial charge in [0.05, 0.1) is 0 Å². The molecule has 0 spiro atoms. The number of rotatable bonds is 2. The van der Waals surface area contributed by atoms with Crippen molar-refractivity contribution in [3.8, 4) is 0 Å². The minimum atomic E-state index is 0.397. The molecule has 0 bridgehead atoms. The van der Waals surface area contributed by atoms with Crippen LogP contribution in [0.1, 0.15) is 338 Å². The minimum Gasteiger partial charge on any atom is -0.0773 e. The Morgan fingerprint density at radius 1 is 0.374 bits per heavy atom. The van der Waals surface area contributed by atoms with Crippen LogP contribution in [0.5, 0.6) is 0 Å². The highest BCUT2D eigenvalue weighted by molar-refractivity contribution is 5.46. The van der Waals surface area contributed by atoms with E-state index in [1.165, 1.54) is 109 Å². The van der Waals surface area contributed by atoms with Crippen molar-refractivity contribution >= 4 is 0 Å². The molecule has 0 aromatic carbocycles. The molecule has 0 radical (unpaired) electrons. The lowest BCUT2D eigenvalue weighted by Gasteiger charge is -2.47. The molecule has 9 fully saturated rings. The molecule has 0 aliphatic heterocycles. The van der Waals surface area contributed by atoms with Gasteiger partial charge in [0.1, 0.15) is 0 Å². The van der Waals surface area contributed by atoms with Crippen molar-refractivity contribution in [1.82, 2.24) is 0 Å². The highest BCUT2D eigenvalue weighted by Crippen LogP contribution is 2.58. The van der Waals surface area contributed by atoms with E-state index < -0.39 is 0 Å². The summed E-state index contributed by atoms with van der Waals surface area (Å²) in [4.78, 5) is 0. The molecule has 0 aromatic heterocycles. The third kappa shape index (κ3) is 21.5. The standard InChI is InChI=1S/C18H28.C17H26.C15H22.3C10H20.C5H12.2C3H8/c1-12-6-7-13-10-15-16(11-14(12)13)18(4,5)9-8-17(15,2)3;1-17(2,3)11-15-8-7-14-9-12-5-4-6-13(12)10-16(14)15;1-10-4-5-11-6-12-8-15(2,3)9-13(12)7-14(10)11;3*1-6-7(2)9(4)10(5)8(6)3;1-4-5(2)3;2*1-3-2/h10-14H,6-9H2,1-5H3;9-10,14-16H,4-8,11H2,1-3H3;6-7,10-11,14H,4-5,8-9H2,1-3H3;3*6-10H,1-5H3;5H,4H2,1-3H3;2*3H2,1-2H3. The Balaban J connectivity index is 0.000000229. The second-order valence-corrected chi connectivity index (χ2v) is 38.6. The lowest BCUT2D eigenvalue weighted by molar-refractivity contribution is 0.248. The van der Waals surface area contributed by atoms with Crippen LogP contribution in [0.3, 0.4) is 0 Å². The molecular formula is C91H164. The van der Waals surface area contributed by atoms with Crippen LogP contribution in [-0.2, 0) is 0 Å². The van der Waals surface area contributed by atoms with Crippen molar-refractivity contribution in [3.05, 3.63) is 69.9 Å². The summed E-state index contributed by atoms with van der Waals surface area (Å²) in [5.74, 6) is 22.9. The summed E-state index contributed by atoms with van der Waals surface area (Å²) in [5.41, 5.74) is 12.0. The fraction of sp³-hybridized carbons (Fsp3) is 0.868. The SMILES string of the molecule is CC(C)(C)CC1CCC2C=C3CCCC3=CC21.CC1C(C)C(C)C(C)C1C.CC1C(C)C(C)C(C)C1C.CC1C(C)C(C)C(C)C1C.CC1CCC2C=C3C(=CC12)C(C)(C)CCC3(C)C.CC1CCC2C=C3CC(C)(C)CC3=CC12.CCC.CCC.CCC(C)C. The normalized spacial score (nSPS) is 40.9. The van der Waals surface area contributed by atoms with Crippen LogP contribution in [0.4, 0.5) is 0 Å². The molecule has 0 heteroatoms. The molecule has 9 atom stereocenters. The van der Waals surface area contributed by atoms with Crippen molar-refractivity contribution in [2.75, 3.05) is 0 Å². The van der Waals surface area contributed by atoms with Gasteiger partial charge in [0, 0.05) is 0 Å². The lowest BCUT2D eigenvalue weighted by atomic mass is 9.57. The highest BCUT2D eigenvalue weighted by atomic mass is 14.5. The number of allylic oxidation sites excluding steroid dienone is 12. The van der Waals surface area contributed by atoms with Crippen LogP contribution in [0.2, 0.25) is 0 Å². The number of hydrogen-bond acceptors (Lipinski definition) is 0. The second kappa shape index (κ2) is 35.3. The van der Waals surface area contributed by atoms with Crippen molar-refractivity contribution < 1.29 is 0 Å². The molecule has 91 heavy (non-hydrogen) atoms. The summed E-state index contributed by atoms with van der Waals surface area (Å²) in [6, 6.07) is 0. The van der Waals surface area contributed by atoms with Crippen molar-refractivity contribution in [3.63, 3.8) is 0 Å². The molecule has 12 aliphatic rings. The van der Waals surface area contributed by atoms with Gasteiger partial charge in [-0.15, -0.1) is 0 Å². The Kier molecular flexibility index (Phi) is 31.7. The minimum absolute atomic E-state index is 0.397. The highest BCUT2D eigenvalue weighted by Gasteiger charge is 2.46. The van der Waals surface area contributed by atoms with E-state index in [-0.39, 0.29) is 0 Å². The maximum atomic E-state index is 2.68. The Hall–Kier alpha value is -1.56. The van der Waals surface area contributed by atoms with Crippen LogP contribution in [0.15, 0.2) is 69.9 Å². The molecule has 0 amide bonds. The van der Waals surface area contributed by atoms with E-state index in [9.17, 15) is 0 Å². The van der Waals surface area contributed by atoms with Gasteiger partial charge in [-0.2, -0.15) is 0 Å². The zero-order valence-electron chi connectivity index (χ0n) is 67.9. The fourth-order valence-electron chi connectivity index (χ4n) is 19.8. The summed E-state index contributed by atoms with van der Waals surface area (Å²) < 4.78 is 0. The molecule has 12 aliphatic carbocycles. The van der Waals surface area contributed by atoms with Gasteiger partial charge in [0.15, 0.2) is 0 Å². The molecule has 0 aromatic rings. The zero-order chi connectivity index (χ0) is 69.2. The first-order chi connectivity index (χ1) is 42.1. The topological polar surface area (TPSA) is 0 Å². The third-order valence-corrected chi connectivity index (χ3v) is 28.8. The molecule has 0 N–H and O–H groups in total. The largest absolute Gasteiger partial charge is 0.0773 e. The van der Waals surface area contributed by atoms with Gasteiger partial charge in [-0.05, 0) is 293 Å². The van der Waals surface area contributed by atoms with Gasteiger partial charge < -0.3 is 0 Å². The van der Waals surface area contributed by atoms with Crippen LogP contribution in [-0.4, -0.2) is 0 Å². The van der Waals surface area contributed by atoms with Crippen LogP contribution in [0, 0.1) is 170 Å². The zero-order valence-corrected chi connectivity index (χ0v) is 67.9. The number of fused-ring (bicyclic) bond motifs is 6. The predicted octanol–water partition coefficient (Wildman–Crippen LogP) is 29.2. The van der Waals surface area contributed by atoms with Crippen molar-refractivity contribution in [1.29, 1.82) is 0 Å². The van der Waals surface area contributed by atoms with E-state index in [4.69, 9.17) is 0 Å². The molecular weight excluding hydrogens is 1090 g/mol. The summed E-state index contributed by atoms with van der Waals surface area (Å²) in [6.45, 7) is 77.8. The van der Waals surface area contributed by atoms with E-state index in [0.29, 0.717) is 21.7 Å². The smallest absolute Gasteiger partial charge is 0.0103 e. The average Bonchev–Trinajstić information content (AvgIpc) is 1.67. The van der Waals surface area contributed by atoms with E-state index in [1.807, 2.05) is 0 Å². The fourth-order valence-corrected chi connectivity index (χ4v) is 19.8. The van der Waals surface area contributed by atoms with Crippen LogP contribution in [0.25, 0.3) is 0 Å². The summed E-state index contributed by atoms with van der Waals surface area (Å²) in [5, 5.41) is 0. The maximum Gasteiger partial charge on any atom is -0.0103 e. The second-order valence-electron chi connectivity index (χ2n) is 38.6. The first-order valence-electron chi connectivity index (χ1n) is 40.4. The third-order valence-electron chi connectivity index (χ3n) is 28.8. The Morgan fingerprint density at radius 3 is 1.00 bits per heavy atom. The molecule has 12 rings (SSSR count). The summed E-state index contributed by atoms with van der Waals surface area (Å²) >= 11 is 0. The van der Waals surface area contributed by atoms with E-state index in [1.54, 1.807) is 33.4 Å². The molecule has 0 nitrogen and oxygen atoms in total. The first-order valence-corrected chi connectivity index (χ1v) is 40.4. The van der Waals surface area contributed by atoms with Gasteiger partial charge in [-0.3, -0.25) is 0 Å². The average molecular weight is 1260 g/mol. The van der Waals surface area contributed by atoms with Crippen molar-refractivity contribution in [2.45, 2.75) is 338 Å². The van der Waals surface area contributed by atoms with Gasteiger partial charge in [-0.25, -0.2) is 0 Å². The summed E-state index contributed by atoms with van der Waals surface area (Å²) in [6.07, 6.45) is 39.2. The van der Waals surface area contributed by atoms with E-state index in [2.05, 4.69) is 265 Å². The van der Waals surface area contributed by atoms with Gasteiger partial charge >= 0.3 is 0 Å². The molecule has 0 heterocycles. The van der Waals surface area contributed by atoms with E-state index in [0.717, 1.165) is 148 Å². The van der Waals surface area contributed by atoms with Crippen molar-refractivity contribution in [2.24, 2.45) is 170 Å². The Labute approximate surface area is 573 Å². The van der Waals surface area contributed by atoms with Gasteiger partial charge in [0.2, 0.25) is 0 Å². The first kappa shape index (κ1) is 81.9. The molecule has 528 valence electrons. The molecule has 0 saturated heterocycles. The Bertz CT molecular complexity index is 2150. The quantitative estimate of drug-likeness (QED) is 0.259. The summed E-state index contributed by atoms with van der Waals surface area (Å²) in [7, 11) is 0. The maximum absolute atomic E-state index is 2.68. The van der Waals surface area contributed by atoms with E-state index >= 15 is 0 Å². The lowest BCUT2D eigenvalue weighted by Crippen LogP contribution is -2.35. The van der Waals surface area contributed by atoms with Crippen LogP contribution < -0.4 is 0 Å². The molecule has 9 unspecified atom stereocenters. The monoisotopic (exact) mass is 1260 g/mol. The van der Waals surface area contributed by atoms with Crippen LogP contribution >= 0.6 is 0 Å². The predicted molar refractivity (Wildman–Crippen MR) is 411 cm³/mol. The van der Waals surface area contributed by atoms with Gasteiger partial charge in [-0.1, -0.05) is 284 Å². The Morgan fingerprint density at radius 2 is 0.648 bits per heavy atom. The number of hydrogen-bond donors (Lipinski definition) is 0.